The van der Waals surface area contributed by atoms with Crippen molar-refractivity contribution in [2.24, 2.45) is 0 Å². The summed E-state index contributed by atoms with van der Waals surface area (Å²) in [6.07, 6.45) is 5.43. The molecule has 12 heteroatoms. The molecule has 1 aliphatic rings. The van der Waals surface area contributed by atoms with Gasteiger partial charge in [0.1, 0.15) is 17.2 Å². The monoisotopic (exact) mass is 542 g/mol. The summed E-state index contributed by atoms with van der Waals surface area (Å²) in [5.74, 6) is -0.103. The van der Waals surface area contributed by atoms with Crippen molar-refractivity contribution in [3.05, 3.63) is 71.7 Å². The molecule has 0 aliphatic carbocycles. The number of imidazole rings is 1. The summed E-state index contributed by atoms with van der Waals surface area (Å²) in [5, 5.41) is 20.9. The van der Waals surface area contributed by atoms with Gasteiger partial charge in [0.2, 0.25) is 0 Å². The zero-order valence-electron chi connectivity index (χ0n) is 21.7. The van der Waals surface area contributed by atoms with Crippen LogP contribution in [0.25, 0.3) is 33.5 Å². The summed E-state index contributed by atoms with van der Waals surface area (Å²) >= 11 is 0. The molecule has 0 atom stereocenters. The van der Waals surface area contributed by atoms with Gasteiger partial charge in [-0.3, -0.25) is 9.89 Å². The SMILES string of the molecule is CCc1cc(O)c(F)cc1-c1ccc2c(-c3nc(CNC(=O)c4cnc(N5CCOCC5)cn4)c[nH]3)n[nH]c2c1. The first kappa shape index (κ1) is 25.4. The van der Waals surface area contributed by atoms with Crippen molar-refractivity contribution in [1.82, 2.24) is 35.5 Å². The highest BCUT2D eigenvalue weighted by Crippen LogP contribution is 2.33. The molecule has 0 radical (unpaired) electrons. The van der Waals surface area contributed by atoms with Crippen LogP contribution in [-0.2, 0) is 17.7 Å². The summed E-state index contributed by atoms with van der Waals surface area (Å²) in [6, 6.07) is 8.50. The van der Waals surface area contributed by atoms with Crippen LogP contribution >= 0.6 is 0 Å². The quantitative estimate of drug-likeness (QED) is 0.244. The van der Waals surface area contributed by atoms with E-state index in [0.29, 0.717) is 42.4 Å². The number of nitrogens with one attached hydrogen (secondary N) is 3. The second-order valence-corrected chi connectivity index (χ2v) is 9.43. The number of aryl methyl sites for hydroxylation is 1. The first-order valence-electron chi connectivity index (χ1n) is 13.0. The number of anilines is 1. The predicted molar refractivity (Wildman–Crippen MR) is 146 cm³/mol. The molecule has 204 valence electrons. The van der Waals surface area contributed by atoms with Crippen LogP contribution in [0, 0.1) is 5.82 Å². The molecule has 3 aromatic heterocycles. The normalized spacial score (nSPS) is 13.6. The molecule has 2 aromatic carbocycles. The molecule has 1 aliphatic heterocycles. The molecule has 11 nitrogen and oxygen atoms in total. The number of fused-ring (bicyclic) bond motifs is 1. The van der Waals surface area contributed by atoms with E-state index in [1.165, 1.54) is 18.3 Å². The van der Waals surface area contributed by atoms with Gasteiger partial charge in [0.05, 0.1) is 43.4 Å². The van der Waals surface area contributed by atoms with Crippen LogP contribution in [0.2, 0.25) is 0 Å². The number of amides is 1. The minimum Gasteiger partial charge on any atom is -0.505 e. The highest BCUT2D eigenvalue weighted by molar-refractivity contribution is 5.94. The Balaban J connectivity index is 1.14. The van der Waals surface area contributed by atoms with E-state index in [-0.39, 0.29) is 23.9 Å². The number of hydrogen-bond acceptors (Lipinski definition) is 8. The average molecular weight is 543 g/mol. The van der Waals surface area contributed by atoms with Gasteiger partial charge in [0, 0.05) is 24.7 Å². The van der Waals surface area contributed by atoms with E-state index in [9.17, 15) is 14.3 Å². The highest BCUT2D eigenvalue weighted by atomic mass is 19.1. The molecular weight excluding hydrogens is 515 g/mol. The van der Waals surface area contributed by atoms with Crippen LogP contribution in [0.1, 0.15) is 28.7 Å². The number of rotatable bonds is 7. The summed E-state index contributed by atoms with van der Waals surface area (Å²) in [5.41, 5.74) is 4.59. The van der Waals surface area contributed by atoms with E-state index in [0.717, 1.165) is 40.9 Å². The number of aromatic nitrogens is 6. The number of carbonyl (C=O) groups excluding carboxylic acids is 1. The summed E-state index contributed by atoms with van der Waals surface area (Å²) < 4.78 is 19.5. The van der Waals surface area contributed by atoms with Crippen LogP contribution < -0.4 is 10.2 Å². The van der Waals surface area contributed by atoms with Gasteiger partial charge < -0.3 is 25.0 Å². The Bertz CT molecular complexity index is 1680. The Morgan fingerprint density at radius 2 is 2.02 bits per heavy atom. The van der Waals surface area contributed by atoms with E-state index in [2.05, 4.69) is 40.3 Å². The molecular formula is C28H27FN8O3. The first-order valence-corrected chi connectivity index (χ1v) is 13.0. The lowest BCUT2D eigenvalue weighted by Gasteiger charge is -2.27. The van der Waals surface area contributed by atoms with Gasteiger partial charge in [-0.15, -0.1) is 0 Å². The molecule has 6 rings (SSSR count). The number of nitrogens with zero attached hydrogens (tertiary/aromatic N) is 5. The van der Waals surface area contributed by atoms with Crippen molar-refractivity contribution in [1.29, 1.82) is 0 Å². The summed E-state index contributed by atoms with van der Waals surface area (Å²) in [6.45, 7) is 4.92. The van der Waals surface area contributed by atoms with Crippen LogP contribution in [0.15, 0.2) is 48.9 Å². The zero-order valence-corrected chi connectivity index (χ0v) is 21.7. The average Bonchev–Trinajstić information content (AvgIpc) is 3.64. The van der Waals surface area contributed by atoms with E-state index in [1.54, 1.807) is 12.4 Å². The van der Waals surface area contributed by atoms with Crippen LogP contribution in [0.5, 0.6) is 5.75 Å². The fourth-order valence-corrected chi connectivity index (χ4v) is 4.76. The number of hydrogen-bond donors (Lipinski definition) is 4. The first-order chi connectivity index (χ1) is 19.5. The van der Waals surface area contributed by atoms with Gasteiger partial charge in [-0.1, -0.05) is 13.0 Å². The lowest BCUT2D eigenvalue weighted by Crippen LogP contribution is -2.37. The number of ether oxygens (including phenoxy) is 1. The van der Waals surface area contributed by atoms with E-state index in [1.807, 2.05) is 25.1 Å². The van der Waals surface area contributed by atoms with Crippen molar-refractivity contribution in [3.8, 4) is 28.4 Å². The Kier molecular flexibility index (Phi) is 6.83. The maximum absolute atomic E-state index is 14.1. The molecule has 1 saturated heterocycles. The van der Waals surface area contributed by atoms with Gasteiger partial charge in [-0.25, -0.2) is 19.3 Å². The summed E-state index contributed by atoms with van der Waals surface area (Å²) in [7, 11) is 0. The largest absolute Gasteiger partial charge is 0.505 e. The van der Waals surface area contributed by atoms with E-state index < -0.39 is 5.82 Å². The number of aromatic amines is 2. The molecule has 4 N–H and O–H groups in total. The minimum atomic E-state index is -0.662. The molecule has 0 spiro atoms. The lowest BCUT2D eigenvalue weighted by molar-refractivity contribution is 0.0945. The van der Waals surface area contributed by atoms with Crippen LogP contribution in [-0.4, -0.2) is 67.5 Å². The van der Waals surface area contributed by atoms with E-state index in [4.69, 9.17) is 4.74 Å². The number of benzene rings is 2. The van der Waals surface area contributed by atoms with Crippen molar-refractivity contribution in [2.75, 3.05) is 31.2 Å². The van der Waals surface area contributed by atoms with Crippen molar-refractivity contribution < 1.29 is 19.0 Å². The maximum Gasteiger partial charge on any atom is 0.271 e. The second-order valence-electron chi connectivity index (χ2n) is 9.43. The number of carbonyl (C=O) groups is 1. The molecule has 4 heterocycles. The molecule has 0 unspecified atom stereocenters. The lowest BCUT2D eigenvalue weighted by atomic mass is 9.96. The minimum absolute atomic E-state index is 0.195. The molecule has 40 heavy (non-hydrogen) atoms. The predicted octanol–water partition coefficient (Wildman–Crippen LogP) is 3.58. The maximum atomic E-state index is 14.1. The molecule has 1 fully saturated rings. The third kappa shape index (κ3) is 4.96. The van der Waals surface area contributed by atoms with Gasteiger partial charge in [-0.05, 0) is 47.4 Å². The highest BCUT2D eigenvalue weighted by Gasteiger charge is 2.17. The van der Waals surface area contributed by atoms with Gasteiger partial charge in [-0.2, -0.15) is 5.10 Å². The Hall–Kier alpha value is -4.84. The van der Waals surface area contributed by atoms with Crippen LogP contribution in [0.3, 0.4) is 0 Å². The molecule has 1 amide bonds. The fraction of sp³-hybridized carbons (Fsp3) is 0.250. The van der Waals surface area contributed by atoms with Crippen molar-refractivity contribution in [3.63, 3.8) is 0 Å². The summed E-state index contributed by atoms with van der Waals surface area (Å²) in [4.78, 5) is 31.0. The van der Waals surface area contributed by atoms with E-state index >= 15 is 0 Å². The number of phenols is 1. The second kappa shape index (κ2) is 10.7. The smallest absolute Gasteiger partial charge is 0.271 e. The number of halogens is 1. The van der Waals surface area contributed by atoms with Crippen LogP contribution in [0.4, 0.5) is 10.2 Å². The van der Waals surface area contributed by atoms with Gasteiger partial charge in [0.15, 0.2) is 17.4 Å². The number of H-pyrrole nitrogens is 2. The topological polar surface area (TPSA) is 145 Å². The third-order valence-electron chi connectivity index (χ3n) is 6.92. The standard InChI is InChI=1S/C28H27FN8O3/c1-2-16-10-24(38)21(29)11-20(16)17-3-4-19-22(9-17)35-36-26(19)27-32-12-18(34-27)13-33-28(39)23-14-31-25(15-30-23)37-5-7-40-8-6-37/h3-4,9-12,14-15,38H,2,5-8,13H2,1H3,(H,32,34)(H,33,39)(H,35,36). The third-order valence-corrected chi connectivity index (χ3v) is 6.92. The van der Waals surface area contributed by atoms with Gasteiger partial charge in [0.25, 0.3) is 5.91 Å². The zero-order chi connectivity index (χ0) is 27.6. The molecule has 5 aromatic rings. The number of aromatic hydroxyl groups is 1. The number of phenolic OH excluding ortho intramolecular Hbond substituents is 1. The van der Waals surface area contributed by atoms with Gasteiger partial charge >= 0.3 is 0 Å². The van der Waals surface area contributed by atoms with Crippen molar-refractivity contribution >= 4 is 22.6 Å². The molecule has 0 saturated carbocycles. The number of morpholine rings is 1. The Morgan fingerprint density at radius 3 is 2.80 bits per heavy atom. The fourth-order valence-electron chi connectivity index (χ4n) is 4.76. The molecule has 0 bridgehead atoms. The Labute approximate surface area is 228 Å². The van der Waals surface area contributed by atoms with Crippen molar-refractivity contribution in [2.45, 2.75) is 19.9 Å². The Morgan fingerprint density at radius 1 is 1.18 bits per heavy atom.